The molecule has 1 rings (SSSR count). The highest BCUT2D eigenvalue weighted by atomic mass is 16.6. The van der Waals surface area contributed by atoms with Crippen LogP contribution in [-0.2, 0) is 23.8 Å². The molecule has 1 atom stereocenters. The van der Waals surface area contributed by atoms with Crippen molar-refractivity contribution in [1.29, 1.82) is 0 Å². The highest BCUT2D eigenvalue weighted by Gasteiger charge is 2.26. The first-order valence-electron chi connectivity index (χ1n) is 10.3. The molecule has 0 aromatic heterocycles. The van der Waals surface area contributed by atoms with Crippen LogP contribution in [0.1, 0.15) is 53.4 Å². The van der Waals surface area contributed by atoms with Crippen molar-refractivity contribution in [1.82, 2.24) is 10.2 Å². The molecule has 0 unspecified atom stereocenters. The van der Waals surface area contributed by atoms with Crippen molar-refractivity contribution in [3.63, 3.8) is 0 Å². The lowest BCUT2D eigenvalue weighted by Crippen LogP contribution is -2.49. The van der Waals surface area contributed by atoms with Gasteiger partial charge in [0.05, 0.1) is 13.2 Å². The number of piperidine rings is 1. The van der Waals surface area contributed by atoms with Crippen LogP contribution >= 0.6 is 0 Å². The predicted molar refractivity (Wildman–Crippen MR) is 108 cm³/mol. The number of hydrogen-bond donors (Lipinski definition) is 2. The summed E-state index contributed by atoms with van der Waals surface area (Å²) in [6.45, 7) is 9.56. The van der Waals surface area contributed by atoms with E-state index in [1.807, 2.05) is 0 Å². The Kier molecular flexibility index (Phi) is 11.0. The summed E-state index contributed by atoms with van der Waals surface area (Å²) >= 11 is 0. The predicted octanol–water partition coefficient (Wildman–Crippen LogP) is 1.44. The third-order valence-corrected chi connectivity index (χ3v) is 4.51. The third-order valence-electron chi connectivity index (χ3n) is 4.51. The summed E-state index contributed by atoms with van der Waals surface area (Å²) in [7, 11) is 0. The van der Waals surface area contributed by atoms with Gasteiger partial charge in [-0.15, -0.1) is 0 Å². The van der Waals surface area contributed by atoms with Crippen LogP contribution in [0.4, 0.5) is 4.79 Å². The fraction of sp³-hybridized carbons (Fsp3) is 0.850. The molecule has 1 aliphatic rings. The Morgan fingerprint density at radius 2 is 1.83 bits per heavy atom. The van der Waals surface area contributed by atoms with Crippen molar-refractivity contribution < 1.29 is 28.6 Å². The lowest BCUT2D eigenvalue weighted by Gasteiger charge is -2.33. The summed E-state index contributed by atoms with van der Waals surface area (Å²) in [4.78, 5) is 36.5. The quantitative estimate of drug-likeness (QED) is 0.409. The van der Waals surface area contributed by atoms with Crippen molar-refractivity contribution in [2.45, 2.75) is 65.0 Å². The van der Waals surface area contributed by atoms with Gasteiger partial charge in [0.1, 0.15) is 11.6 Å². The molecule has 1 heterocycles. The Morgan fingerprint density at radius 3 is 2.41 bits per heavy atom. The molecule has 0 bridgehead atoms. The molecule has 1 aliphatic heterocycles. The number of ether oxygens (including phenoxy) is 3. The van der Waals surface area contributed by atoms with Gasteiger partial charge in [-0.1, -0.05) is 0 Å². The summed E-state index contributed by atoms with van der Waals surface area (Å²) in [6.07, 6.45) is 2.75. The first kappa shape index (κ1) is 25.2. The van der Waals surface area contributed by atoms with Gasteiger partial charge < -0.3 is 30.2 Å². The molecule has 0 aromatic rings. The SMILES string of the molecule is CC(=O)OCCC1CCN(C(=O)[C@@H](N)COCCCNC(=O)OC(C)(C)C)CC1. The number of rotatable bonds is 10. The van der Waals surface area contributed by atoms with E-state index in [2.05, 4.69) is 5.32 Å². The number of likely N-dealkylation sites (tertiary alicyclic amines) is 1. The molecule has 2 amide bonds. The molecule has 0 spiro atoms. The van der Waals surface area contributed by atoms with Crippen LogP contribution in [0.25, 0.3) is 0 Å². The van der Waals surface area contributed by atoms with Gasteiger partial charge in [0.25, 0.3) is 0 Å². The maximum atomic E-state index is 12.4. The number of amides is 2. The molecular formula is C20H37N3O6. The van der Waals surface area contributed by atoms with Gasteiger partial charge in [0, 0.05) is 33.2 Å². The van der Waals surface area contributed by atoms with Gasteiger partial charge in [-0.2, -0.15) is 0 Å². The molecule has 1 saturated heterocycles. The summed E-state index contributed by atoms with van der Waals surface area (Å²) < 4.78 is 15.6. The normalized spacial score (nSPS) is 16.2. The van der Waals surface area contributed by atoms with E-state index in [0.29, 0.717) is 45.2 Å². The Labute approximate surface area is 173 Å². The topological polar surface area (TPSA) is 120 Å². The Morgan fingerprint density at radius 1 is 1.17 bits per heavy atom. The highest BCUT2D eigenvalue weighted by molar-refractivity contribution is 5.81. The minimum Gasteiger partial charge on any atom is -0.466 e. The van der Waals surface area contributed by atoms with E-state index in [0.717, 1.165) is 19.3 Å². The zero-order chi connectivity index (χ0) is 21.9. The maximum Gasteiger partial charge on any atom is 0.407 e. The second kappa shape index (κ2) is 12.6. The monoisotopic (exact) mass is 415 g/mol. The third kappa shape index (κ3) is 11.7. The van der Waals surface area contributed by atoms with E-state index in [9.17, 15) is 14.4 Å². The average Bonchev–Trinajstić information content (AvgIpc) is 2.62. The fourth-order valence-corrected chi connectivity index (χ4v) is 3.01. The first-order chi connectivity index (χ1) is 13.6. The van der Waals surface area contributed by atoms with E-state index in [1.165, 1.54) is 6.92 Å². The van der Waals surface area contributed by atoms with Crippen LogP contribution in [0.15, 0.2) is 0 Å². The first-order valence-corrected chi connectivity index (χ1v) is 10.3. The van der Waals surface area contributed by atoms with E-state index >= 15 is 0 Å². The fourth-order valence-electron chi connectivity index (χ4n) is 3.01. The van der Waals surface area contributed by atoms with Crippen molar-refractivity contribution in [3.05, 3.63) is 0 Å². The molecule has 9 heteroatoms. The van der Waals surface area contributed by atoms with E-state index in [1.54, 1.807) is 25.7 Å². The Balaban J connectivity index is 2.11. The number of carbonyl (C=O) groups excluding carboxylic acids is 3. The van der Waals surface area contributed by atoms with Gasteiger partial charge in [0.15, 0.2) is 0 Å². The van der Waals surface area contributed by atoms with E-state index < -0.39 is 17.7 Å². The highest BCUT2D eigenvalue weighted by Crippen LogP contribution is 2.21. The lowest BCUT2D eigenvalue weighted by atomic mass is 9.93. The van der Waals surface area contributed by atoms with Crippen molar-refractivity contribution in [2.24, 2.45) is 11.7 Å². The number of esters is 1. The number of nitrogens with zero attached hydrogens (tertiary/aromatic N) is 1. The molecule has 0 aromatic carbocycles. The molecule has 0 aliphatic carbocycles. The minimum atomic E-state index is -0.689. The molecule has 1 fully saturated rings. The largest absolute Gasteiger partial charge is 0.466 e. The van der Waals surface area contributed by atoms with Crippen molar-refractivity contribution >= 4 is 18.0 Å². The second-order valence-electron chi connectivity index (χ2n) is 8.36. The van der Waals surface area contributed by atoms with Crippen LogP contribution in [0, 0.1) is 5.92 Å². The number of nitrogens with one attached hydrogen (secondary N) is 1. The van der Waals surface area contributed by atoms with E-state index in [4.69, 9.17) is 19.9 Å². The molecular weight excluding hydrogens is 378 g/mol. The molecule has 29 heavy (non-hydrogen) atoms. The smallest absolute Gasteiger partial charge is 0.407 e. The van der Waals surface area contributed by atoms with Crippen LogP contribution in [0.5, 0.6) is 0 Å². The average molecular weight is 416 g/mol. The van der Waals surface area contributed by atoms with Gasteiger partial charge in [0.2, 0.25) is 5.91 Å². The molecule has 0 saturated carbocycles. The number of alkyl carbamates (subject to hydrolysis) is 1. The van der Waals surface area contributed by atoms with Crippen LogP contribution < -0.4 is 11.1 Å². The lowest BCUT2D eigenvalue weighted by molar-refractivity contribution is -0.141. The van der Waals surface area contributed by atoms with Crippen LogP contribution in [0.2, 0.25) is 0 Å². The van der Waals surface area contributed by atoms with Gasteiger partial charge in [-0.05, 0) is 52.4 Å². The summed E-state index contributed by atoms with van der Waals surface area (Å²) in [6, 6.07) is -0.689. The van der Waals surface area contributed by atoms with E-state index in [-0.39, 0.29) is 18.5 Å². The molecule has 3 N–H and O–H groups in total. The zero-order valence-corrected chi connectivity index (χ0v) is 18.2. The Bertz CT molecular complexity index is 527. The summed E-state index contributed by atoms with van der Waals surface area (Å²) in [5, 5.41) is 2.65. The molecule has 0 radical (unpaired) electrons. The van der Waals surface area contributed by atoms with Gasteiger partial charge in [-0.25, -0.2) is 4.79 Å². The number of nitrogens with two attached hydrogens (primary N) is 1. The second-order valence-corrected chi connectivity index (χ2v) is 8.36. The standard InChI is InChI=1S/C20H37N3O6/c1-15(24)28-13-8-16-6-10-23(11-7-16)18(25)17(21)14-27-12-5-9-22-19(26)29-20(2,3)4/h16-17H,5-14,21H2,1-4H3,(H,22,26)/t17-/m0/s1. The van der Waals surface area contributed by atoms with Crippen LogP contribution in [-0.4, -0.2) is 74.0 Å². The zero-order valence-electron chi connectivity index (χ0n) is 18.2. The summed E-state index contributed by atoms with van der Waals surface area (Å²) in [5.41, 5.74) is 5.44. The molecule has 9 nitrogen and oxygen atoms in total. The van der Waals surface area contributed by atoms with Crippen LogP contribution in [0.3, 0.4) is 0 Å². The summed E-state index contributed by atoms with van der Waals surface area (Å²) in [5.74, 6) is 0.0999. The van der Waals surface area contributed by atoms with Gasteiger partial charge >= 0.3 is 12.1 Å². The maximum absolute atomic E-state index is 12.4. The van der Waals surface area contributed by atoms with Crippen molar-refractivity contribution in [3.8, 4) is 0 Å². The number of carbonyl (C=O) groups is 3. The van der Waals surface area contributed by atoms with Gasteiger partial charge in [-0.3, -0.25) is 9.59 Å². The Hall–Kier alpha value is -1.87. The number of hydrogen-bond acceptors (Lipinski definition) is 7. The molecule has 168 valence electrons. The minimum absolute atomic E-state index is 0.102. The van der Waals surface area contributed by atoms with Crippen molar-refractivity contribution in [2.75, 3.05) is 39.5 Å².